The van der Waals surface area contributed by atoms with Crippen molar-refractivity contribution in [1.82, 2.24) is 19.6 Å². The number of nitrogens with one attached hydrogen (secondary N) is 1. The molecule has 34 heavy (non-hydrogen) atoms. The third-order valence-corrected chi connectivity index (χ3v) is 6.66. The highest BCUT2D eigenvalue weighted by Gasteiger charge is 2.30. The molecule has 3 aromatic rings. The number of pyridine rings is 1. The van der Waals surface area contributed by atoms with E-state index in [4.69, 9.17) is 9.47 Å². The van der Waals surface area contributed by atoms with Crippen LogP contribution in [0.1, 0.15) is 41.6 Å². The minimum Gasteiger partial charge on any atom is -0.490 e. The first-order valence-electron chi connectivity index (χ1n) is 12.0. The van der Waals surface area contributed by atoms with Gasteiger partial charge in [0.2, 0.25) is 5.91 Å². The lowest BCUT2D eigenvalue weighted by molar-refractivity contribution is -0.140. The normalized spacial score (nSPS) is 17.6. The van der Waals surface area contributed by atoms with Crippen molar-refractivity contribution in [3.63, 3.8) is 0 Å². The Morgan fingerprint density at radius 1 is 1.03 bits per heavy atom. The molecule has 0 saturated carbocycles. The number of likely N-dealkylation sites (tertiary alicyclic amines) is 1. The summed E-state index contributed by atoms with van der Waals surface area (Å²) in [6, 6.07) is 11.2. The summed E-state index contributed by atoms with van der Waals surface area (Å²) in [6.45, 7) is 3.26. The first-order valence-corrected chi connectivity index (χ1v) is 12.0. The van der Waals surface area contributed by atoms with Gasteiger partial charge in [-0.05, 0) is 54.8 Å². The number of hydrogen-bond donors (Lipinski definition) is 1. The summed E-state index contributed by atoms with van der Waals surface area (Å²) in [5.74, 6) is 0.991. The van der Waals surface area contributed by atoms with Crippen LogP contribution >= 0.6 is 0 Å². The molecular weight excluding hydrogens is 432 g/mol. The standard InChI is InChI=1S/C26H30N4O4/c31-25(28-18-19-5-11-29-14-10-27-24(29)17-19)20-1-3-22(4-2-20)34-23-6-12-30(13-7-23)26(32)21-8-15-33-16-9-21/h1-5,10-11,14,17,21,23H,6-9,12-13,15-16,18H2,(H,28,31). The maximum absolute atomic E-state index is 12.7. The minimum absolute atomic E-state index is 0.0796. The number of rotatable bonds is 6. The first-order chi connectivity index (χ1) is 16.7. The third kappa shape index (κ3) is 5.22. The Morgan fingerprint density at radius 3 is 2.56 bits per heavy atom. The number of amides is 2. The second kappa shape index (κ2) is 10.3. The first kappa shape index (κ1) is 22.4. The SMILES string of the molecule is O=C(NCc1ccn2ccnc2c1)c1ccc(OC2CCN(C(=O)C3CCOCC3)CC2)cc1. The number of hydrogen-bond acceptors (Lipinski definition) is 5. The van der Waals surface area contributed by atoms with Crippen LogP contribution in [0.2, 0.25) is 0 Å². The molecule has 2 fully saturated rings. The van der Waals surface area contributed by atoms with Gasteiger partial charge >= 0.3 is 0 Å². The van der Waals surface area contributed by atoms with Gasteiger partial charge in [0.15, 0.2) is 0 Å². The van der Waals surface area contributed by atoms with Gasteiger partial charge in [-0.15, -0.1) is 0 Å². The molecule has 0 aliphatic carbocycles. The monoisotopic (exact) mass is 462 g/mol. The molecule has 2 amide bonds. The third-order valence-electron chi connectivity index (χ3n) is 6.66. The van der Waals surface area contributed by atoms with Crippen molar-refractivity contribution in [3.8, 4) is 5.75 Å². The average Bonchev–Trinajstić information content (AvgIpc) is 3.36. The highest BCUT2D eigenvalue weighted by molar-refractivity contribution is 5.94. The van der Waals surface area contributed by atoms with E-state index in [2.05, 4.69) is 10.3 Å². The van der Waals surface area contributed by atoms with Gasteiger partial charge in [0.1, 0.15) is 17.5 Å². The number of imidazole rings is 1. The van der Waals surface area contributed by atoms with Crippen LogP contribution in [0.25, 0.3) is 5.65 Å². The Hall–Kier alpha value is -3.39. The lowest BCUT2D eigenvalue weighted by Gasteiger charge is -2.35. The molecular formula is C26H30N4O4. The van der Waals surface area contributed by atoms with Gasteiger partial charge in [0, 0.05) is 75.8 Å². The summed E-state index contributed by atoms with van der Waals surface area (Å²) >= 11 is 0. The molecule has 2 aliphatic rings. The van der Waals surface area contributed by atoms with E-state index in [1.54, 1.807) is 18.3 Å². The van der Waals surface area contributed by atoms with Crippen molar-refractivity contribution < 1.29 is 19.1 Å². The smallest absolute Gasteiger partial charge is 0.251 e. The predicted octanol–water partition coefficient (Wildman–Crippen LogP) is 3.06. The van der Waals surface area contributed by atoms with Crippen LogP contribution in [0.4, 0.5) is 0 Å². The molecule has 5 rings (SSSR count). The number of piperidine rings is 1. The van der Waals surface area contributed by atoms with Crippen LogP contribution in [0.15, 0.2) is 55.0 Å². The van der Waals surface area contributed by atoms with E-state index in [1.807, 2.05) is 46.0 Å². The molecule has 1 N–H and O–H groups in total. The fraction of sp³-hybridized carbons (Fsp3) is 0.423. The molecule has 0 radical (unpaired) electrons. The Bertz CT molecular complexity index is 1130. The van der Waals surface area contributed by atoms with E-state index in [9.17, 15) is 9.59 Å². The van der Waals surface area contributed by atoms with Crippen molar-refractivity contribution in [3.05, 3.63) is 66.1 Å². The van der Waals surface area contributed by atoms with Crippen LogP contribution < -0.4 is 10.1 Å². The number of carbonyl (C=O) groups is 2. The Balaban J connectivity index is 1.08. The molecule has 8 heteroatoms. The summed E-state index contributed by atoms with van der Waals surface area (Å²) in [5, 5.41) is 2.95. The van der Waals surface area contributed by atoms with E-state index in [-0.39, 0.29) is 23.8 Å². The van der Waals surface area contributed by atoms with Gasteiger partial charge in [0.25, 0.3) is 5.91 Å². The molecule has 0 unspecified atom stereocenters. The topological polar surface area (TPSA) is 85.2 Å². The van der Waals surface area contributed by atoms with Crippen molar-refractivity contribution in [2.24, 2.45) is 5.92 Å². The Morgan fingerprint density at radius 2 is 1.79 bits per heavy atom. The van der Waals surface area contributed by atoms with Gasteiger partial charge in [-0.3, -0.25) is 9.59 Å². The van der Waals surface area contributed by atoms with E-state index in [0.29, 0.717) is 25.3 Å². The largest absolute Gasteiger partial charge is 0.490 e. The second-order valence-corrected chi connectivity index (χ2v) is 8.96. The van der Waals surface area contributed by atoms with Crippen LogP contribution in [0.5, 0.6) is 5.75 Å². The predicted molar refractivity (Wildman–Crippen MR) is 127 cm³/mol. The molecule has 178 valence electrons. The van der Waals surface area contributed by atoms with Crippen LogP contribution in [0.3, 0.4) is 0 Å². The summed E-state index contributed by atoms with van der Waals surface area (Å²) in [7, 11) is 0. The van der Waals surface area contributed by atoms with Crippen LogP contribution in [-0.2, 0) is 16.1 Å². The average molecular weight is 463 g/mol. The van der Waals surface area contributed by atoms with E-state index < -0.39 is 0 Å². The van der Waals surface area contributed by atoms with Crippen molar-refractivity contribution >= 4 is 17.5 Å². The summed E-state index contributed by atoms with van der Waals surface area (Å²) < 4.78 is 13.4. The van der Waals surface area contributed by atoms with Gasteiger partial charge in [0.05, 0.1) is 0 Å². The molecule has 0 atom stereocenters. The second-order valence-electron chi connectivity index (χ2n) is 8.96. The van der Waals surface area contributed by atoms with Crippen molar-refractivity contribution in [1.29, 1.82) is 0 Å². The number of ether oxygens (including phenoxy) is 2. The van der Waals surface area contributed by atoms with Gasteiger partial charge in [-0.1, -0.05) is 0 Å². The summed E-state index contributed by atoms with van der Waals surface area (Å²) in [5.41, 5.74) is 2.44. The minimum atomic E-state index is -0.130. The Labute approximate surface area is 198 Å². The fourth-order valence-electron chi connectivity index (χ4n) is 4.62. The zero-order valence-corrected chi connectivity index (χ0v) is 19.2. The fourth-order valence-corrected chi connectivity index (χ4v) is 4.62. The molecule has 2 aromatic heterocycles. The number of fused-ring (bicyclic) bond motifs is 1. The highest BCUT2D eigenvalue weighted by Crippen LogP contribution is 2.23. The van der Waals surface area contributed by atoms with Crippen LogP contribution in [-0.4, -0.2) is 58.5 Å². The van der Waals surface area contributed by atoms with E-state index >= 15 is 0 Å². The van der Waals surface area contributed by atoms with Gasteiger partial charge in [-0.2, -0.15) is 0 Å². The molecule has 8 nitrogen and oxygen atoms in total. The molecule has 0 spiro atoms. The molecule has 0 bridgehead atoms. The van der Waals surface area contributed by atoms with Crippen molar-refractivity contribution in [2.75, 3.05) is 26.3 Å². The summed E-state index contributed by atoms with van der Waals surface area (Å²) in [6.07, 6.45) is 8.94. The lowest BCUT2D eigenvalue weighted by Crippen LogP contribution is -2.45. The number of nitrogens with zero attached hydrogens (tertiary/aromatic N) is 3. The maximum Gasteiger partial charge on any atom is 0.251 e. The zero-order valence-electron chi connectivity index (χ0n) is 19.2. The van der Waals surface area contributed by atoms with Crippen molar-refractivity contribution in [2.45, 2.75) is 38.3 Å². The van der Waals surface area contributed by atoms with Gasteiger partial charge in [-0.25, -0.2) is 4.98 Å². The van der Waals surface area contributed by atoms with Crippen LogP contribution in [0, 0.1) is 5.92 Å². The molecule has 1 aromatic carbocycles. The quantitative estimate of drug-likeness (QED) is 0.609. The molecule has 2 aliphatic heterocycles. The van der Waals surface area contributed by atoms with Gasteiger partial charge < -0.3 is 24.1 Å². The maximum atomic E-state index is 12.7. The molecule has 4 heterocycles. The highest BCUT2D eigenvalue weighted by atomic mass is 16.5. The number of aromatic nitrogens is 2. The molecule has 2 saturated heterocycles. The summed E-state index contributed by atoms with van der Waals surface area (Å²) in [4.78, 5) is 31.5. The zero-order chi connectivity index (χ0) is 23.3. The van der Waals surface area contributed by atoms with E-state index in [1.165, 1.54) is 0 Å². The Kier molecular flexibility index (Phi) is 6.76. The lowest BCUT2D eigenvalue weighted by atomic mass is 9.97. The van der Waals surface area contributed by atoms with E-state index in [0.717, 1.165) is 55.7 Å². The number of benzene rings is 1. The number of carbonyl (C=O) groups excluding carboxylic acids is 2.